The minimum atomic E-state index is -4.00. The molecule has 0 bridgehead atoms. The van der Waals surface area contributed by atoms with E-state index in [-0.39, 0.29) is 36.9 Å². The number of hydrogen-bond acceptors (Lipinski definition) is 5. The molecule has 3 aromatic rings. The summed E-state index contributed by atoms with van der Waals surface area (Å²) < 4.78 is 28.4. The van der Waals surface area contributed by atoms with Crippen LogP contribution in [0.15, 0.2) is 71.6 Å². The van der Waals surface area contributed by atoms with Gasteiger partial charge in [0.15, 0.2) is 0 Å². The molecule has 2 N–H and O–H groups in total. The number of carbonyl (C=O) groups is 2. The highest BCUT2D eigenvalue weighted by Crippen LogP contribution is 2.29. The van der Waals surface area contributed by atoms with Crippen LogP contribution in [0.3, 0.4) is 0 Å². The van der Waals surface area contributed by atoms with Gasteiger partial charge in [0, 0.05) is 12.2 Å². The lowest BCUT2D eigenvalue weighted by molar-refractivity contribution is -0.120. The maximum atomic E-state index is 13.6. The zero-order valence-corrected chi connectivity index (χ0v) is 22.0. The van der Waals surface area contributed by atoms with Gasteiger partial charge in [0.05, 0.1) is 29.7 Å². The molecule has 1 unspecified atom stereocenters. The lowest BCUT2D eigenvalue weighted by Crippen LogP contribution is -2.41. The van der Waals surface area contributed by atoms with E-state index in [9.17, 15) is 23.1 Å². The molecule has 1 saturated heterocycles. The Morgan fingerprint density at radius 3 is 2.32 bits per heavy atom. The molecule has 0 aliphatic carbocycles. The van der Waals surface area contributed by atoms with Gasteiger partial charge in [0.25, 0.3) is 10.0 Å². The maximum absolute atomic E-state index is 13.6. The van der Waals surface area contributed by atoms with Gasteiger partial charge in [-0.2, -0.15) is 0 Å². The van der Waals surface area contributed by atoms with Crippen molar-refractivity contribution in [1.29, 1.82) is 0 Å². The van der Waals surface area contributed by atoms with Gasteiger partial charge in [-0.3, -0.25) is 13.9 Å². The standard InChI is InChI=1S/C28H31N3O5S/c1-19-7-13-25(14-8-19)37(35,36)31(26-6-4-5-20(2)21(26)3)18-27(33)29-16-22-9-11-23(12-10-22)30-17-24(32)15-28(30)34/h4-14,24,32H,15-18H2,1-3H3,(H,29,33). The van der Waals surface area contributed by atoms with Crippen LogP contribution in [0.4, 0.5) is 11.4 Å². The highest BCUT2D eigenvalue weighted by Gasteiger charge is 2.30. The number of carbonyl (C=O) groups excluding carboxylic acids is 2. The van der Waals surface area contributed by atoms with Crippen molar-refractivity contribution in [2.45, 2.75) is 44.7 Å². The highest BCUT2D eigenvalue weighted by molar-refractivity contribution is 7.92. The van der Waals surface area contributed by atoms with E-state index in [4.69, 9.17) is 0 Å². The van der Waals surface area contributed by atoms with E-state index in [0.717, 1.165) is 26.6 Å². The molecule has 37 heavy (non-hydrogen) atoms. The van der Waals surface area contributed by atoms with Crippen LogP contribution in [0, 0.1) is 20.8 Å². The molecule has 0 spiro atoms. The van der Waals surface area contributed by atoms with E-state index in [0.29, 0.717) is 11.4 Å². The molecule has 194 valence electrons. The first kappa shape index (κ1) is 26.4. The molecule has 0 radical (unpaired) electrons. The molecule has 1 fully saturated rings. The average Bonchev–Trinajstić information content (AvgIpc) is 3.21. The van der Waals surface area contributed by atoms with E-state index >= 15 is 0 Å². The van der Waals surface area contributed by atoms with E-state index in [1.165, 1.54) is 4.90 Å². The Labute approximate surface area is 217 Å². The third-order valence-corrected chi connectivity index (χ3v) is 8.36. The molecule has 1 heterocycles. The Morgan fingerprint density at radius 1 is 1.03 bits per heavy atom. The summed E-state index contributed by atoms with van der Waals surface area (Å²) in [7, 11) is -4.00. The van der Waals surface area contributed by atoms with Gasteiger partial charge < -0.3 is 15.3 Å². The van der Waals surface area contributed by atoms with Crippen molar-refractivity contribution in [1.82, 2.24) is 5.32 Å². The van der Waals surface area contributed by atoms with Crippen LogP contribution in [0.2, 0.25) is 0 Å². The van der Waals surface area contributed by atoms with Crippen molar-refractivity contribution in [3.8, 4) is 0 Å². The number of benzene rings is 3. The number of anilines is 2. The number of sulfonamides is 1. The molecule has 3 aromatic carbocycles. The summed E-state index contributed by atoms with van der Waals surface area (Å²) in [6.45, 7) is 5.70. The van der Waals surface area contributed by atoms with Crippen molar-refractivity contribution in [3.63, 3.8) is 0 Å². The van der Waals surface area contributed by atoms with Gasteiger partial charge in [0.1, 0.15) is 6.54 Å². The number of β-amino-alcohol motifs (C(OH)–C–C–N with tert-alkyl or cyclic N) is 1. The second-order valence-corrected chi connectivity index (χ2v) is 11.2. The van der Waals surface area contributed by atoms with Crippen molar-refractivity contribution >= 4 is 33.2 Å². The number of rotatable bonds is 8. The molecule has 1 aliphatic heterocycles. The van der Waals surface area contributed by atoms with E-state index in [1.54, 1.807) is 60.7 Å². The Hall–Kier alpha value is -3.69. The smallest absolute Gasteiger partial charge is 0.264 e. The topological polar surface area (TPSA) is 107 Å². The lowest BCUT2D eigenvalue weighted by Gasteiger charge is -2.26. The van der Waals surface area contributed by atoms with Crippen molar-refractivity contribution in [2.24, 2.45) is 0 Å². The summed E-state index contributed by atoms with van der Waals surface area (Å²) in [5, 5.41) is 12.5. The van der Waals surface area contributed by atoms with Gasteiger partial charge in [0.2, 0.25) is 11.8 Å². The Bertz CT molecular complexity index is 1400. The van der Waals surface area contributed by atoms with Crippen LogP contribution in [0.1, 0.15) is 28.7 Å². The molecule has 1 aliphatic rings. The van der Waals surface area contributed by atoms with Gasteiger partial charge in [-0.15, -0.1) is 0 Å². The second kappa shape index (κ2) is 10.7. The fraction of sp³-hybridized carbons (Fsp3) is 0.286. The van der Waals surface area contributed by atoms with Gasteiger partial charge in [-0.25, -0.2) is 8.42 Å². The highest BCUT2D eigenvalue weighted by atomic mass is 32.2. The van der Waals surface area contributed by atoms with Crippen molar-refractivity contribution < 1.29 is 23.1 Å². The van der Waals surface area contributed by atoms with Crippen LogP contribution in [-0.4, -0.2) is 44.5 Å². The van der Waals surface area contributed by atoms with Crippen molar-refractivity contribution in [2.75, 3.05) is 22.3 Å². The fourth-order valence-electron chi connectivity index (χ4n) is 4.26. The van der Waals surface area contributed by atoms with Crippen LogP contribution < -0.4 is 14.5 Å². The minimum Gasteiger partial charge on any atom is -0.391 e. The molecular weight excluding hydrogens is 490 g/mol. The summed E-state index contributed by atoms with van der Waals surface area (Å²) in [6, 6.07) is 19.0. The quantitative estimate of drug-likeness (QED) is 0.473. The molecular formula is C28H31N3O5S. The van der Waals surface area contributed by atoms with Crippen LogP contribution >= 0.6 is 0 Å². The Balaban J connectivity index is 1.51. The predicted octanol–water partition coefficient (Wildman–Crippen LogP) is 3.22. The molecule has 0 saturated carbocycles. The average molecular weight is 522 g/mol. The first-order chi connectivity index (χ1) is 17.6. The normalized spacial score (nSPS) is 15.6. The van der Waals surface area contributed by atoms with E-state index in [2.05, 4.69) is 5.32 Å². The number of aryl methyl sites for hydroxylation is 2. The summed E-state index contributed by atoms with van der Waals surface area (Å²) in [4.78, 5) is 26.6. The van der Waals surface area contributed by atoms with Crippen LogP contribution in [0.5, 0.6) is 0 Å². The maximum Gasteiger partial charge on any atom is 0.264 e. The summed E-state index contributed by atoms with van der Waals surface area (Å²) in [6.07, 6.45) is -0.553. The SMILES string of the molecule is Cc1ccc(S(=O)(=O)N(CC(=O)NCc2ccc(N3CC(O)CC3=O)cc2)c2cccc(C)c2C)cc1. The summed E-state index contributed by atoms with van der Waals surface area (Å²) >= 11 is 0. The van der Waals surface area contributed by atoms with E-state index in [1.807, 2.05) is 26.8 Å². The number of nitrogens with zero attached hydrogens (tertiary/aromatic N) is 2. The zero-order chi connectivity index (χ0) is 26.7. The number of aliphatic hydroxyl groups is 1. The molecule has 9 heteroatoms. The number of aliphatic hydroxyl groups excluding tert-OH is 1. The third-order valence-electron chi connectivity index (χ3n) is 6.58. The molecule has 0 aromatic heterocycles. The first-order valence-electron chi connectivity index (χ1n) is 12.1. The van der Waals surface area contributed by atoms with E-state index < -0.39 is 22.0 Å². The Kier molecular flexibility index (Phi) is 7.65. The van der Waals surface area contributed by atoms with Crippen LogP contribution in [-0.2, 0) is 26.2 Å². The number of amides is 2. The second-order valence-electron chi connectivity index (χ2n) is 9.35. The number of nitrogens with one attached hydrogen (secondary N) is 1. The van der Waals surface area contributed by atoms with Gasteiger partial charge >= 0.3 is 0 Å². The van der Waals surface area contributed by atoms with Gasteiger partial charge in [-0.05, 0) is 67.8 Å². The zero-order valence-electron chi connectivity index (χ0n) is 21.1. The Morgan fingerprint density at radius 2 is 1.70 bits per heavy atom. The molecule has 1 atom stereocenters. The predicted molar refractivity (Wildman–Crippen MR) is 143 cm³/mol. The largest absolute Gasteiger partial charge is 0.391 e. The van der Waals surface area contributed by atoms with Gasteiger partial charge in [-0.1, -0.05) is 42.0 Å². The fourth-order valence-corrected chi connectivity index (χ4v) is 5.74. The summed E-state index contributed by atoms with van der Waals surface area (Å²) in [5.41, 5.74) is 4.57. The summed E-state index contributed by atoms with van der Waals surface area (Å²) in [5.74, 6) is -0.576. The minimum absolute atomic E-state index is 0.111. The molecule has 4 rings (SSSR count). The monoisotopic (exact) mass is 521 g/mol. The van der Waals surface area contributed by atoms with Crippen LogP contribution in [0.25, 0.3) is 0 Å². The first-order valence-corrected chi connectivity index (χ1v) is 13.5. The van der Waals surface area contributed by atoms with Crippen molar-refractivity contribution in [3.05, 3.63) is 89.0 Å². The third kappa shape index (κ3) is 5.84. The molecule has 2 amide bonds. The lowest BCUT2D eigenvalue weighted by atomic mass is 10.1. The molecule has 8 nitrogen and oxygen atoms in total. The number of hydrogen-bond donors (Lipinski definition) is 2.